The van der Waals surface area contributed by atoms with Gasteiger partial charge in [-0.2, -0.15) is 0 Å². The van der Waals surface area contributed by atoms with Crippen molar-refractivity contribution in [3.05, 3.63) is 11.6 Å². The lowest BCUT2D eigenvalue weighted by Gasteiger charge is -2.28. The normalized spacial score (nSPS) is 18.8. The van der Waals surface area contributed by atoms with Crippen LogP contribution in [-0.4, -0.2) is 96.1 Å². The molecule has 8 heteroatoms. The van der Waals surface area contributed by atoms with Gasteiger partial charge in [-0.15, -0.1) is 0 Å². The van der Waals surface area contributed by atoms with Crippen LogP contribution in [-0.2, 0) is 19.1 Å². The fraction of sp³-hybridized carbons (Fsp3) is 0.909. The van der Waals surface area contributed by atoms with E-state index < -0.39 is 0 Å². The third-order valence-electron chi connectivity index (χ3n) is 10.6. The molecule has 1 rings (SSSR count). The molecule has 0 radical (unpaired) electrons. The zero-order valence-corrected chi connectivity index (χ0v) is 34.7. The monoisotopic (exact) mass is 737 g/mol. The van der Waals surface area contributed by atoms with Gasteiger partial charge in [0, 0.05) is 45.1 Å². The molecule has 1 saturated heterocycles. The minimum Gasteiger partial charge on any atom is -0.465 e. The van der Waals surface area contributed by atoms with E-state index >= 15 is 0 Å². The number of ether oxygens (including phenoxy) is 2. The highest BCUT2D eigenvalue weighted by Gasteiger charge is 2.23. The molecule has 0 saturated carbocycles. The first-order valence-corrected chi connectivity index (χ1v) is 22.0. The van der Waals surface area contributed by atoms with Crippen LogP contribution in [0.3, 0.4) is 0 Å². The summed E-state index contributed by atoms with van der Waals surface area (Å²) in [5.41, 5.74) is 1.42. The molecule has 0 aliphatic carbocycles. The first kappa shape index (κ1) is 48.5. The minimum atomic E-state index is -0.376. The average Bonchev–Trinajstić information content (AvgIpc) is 3.24. The Kier molecular flexibility index (Phi) is 30.7. The van der Waals surface area contributed by atoms with Gasteiger partial charge in [-0.3, -0.25) is 19.4 Å². The molecule has 2 N–H and O–H groups in total. The number of carbonyl (C=O) groups is 2. The van der Waals surface area contributed by atoms with E-state index in [-0.39, 0.29) is 24.1 Å². The highest BCUT2D eigenvalue weighted by molar-refractivity contribution is 5.69. The number of likely N-dealkylation sites (tertiary alicyclic amines) is 1. The van der Waals surface area contributed by atoms with Gasteiger partial charge in [0.05, 0.1) is 18.8 Å². The molecular weight excluding hydrogens is 652 g/mol. The van der Waals surface area contributed by atoms with Crippen LogP contribution in [0, 0.1) is 5.92 Å². The molecule has 0 bridgehead atoms. The first-order valence-electron chi connectivity index (χ1n) is 22.0. The van der Waals surface area contributed by atoms with Gasteiger partial charge in [-0.05, 0) is 70.8 Å². The maximum atomic E-state index is 12.6. The fourth-order valence-electron chi connectivity index (χ4n) is 7.50. The molecule has 1 aliphatic rings. The Balaban J connectivity index is 2.41. The molecule has 0 spiro atoms. The lowest BCUT2D eigenvalue weighted by molar-refractivity contribution is -0.145. The van der Waals surface area contributed by atoms with E-state index in [2.05, 4.69) is 50.5 Å². The quantitative estimate of drug-likeness (QED) is 0.0391. The highest BCUT2D eigenvalue weighted by Crippen LogP contribution is 2.26. The van der Waals surface area contributed by atoms with Crippen molar-refractivity contribution in [1.82, 2.24) is 9.80 Å². The molecule has 1 aliphatic heterocycles. The predicted octanol–water partition coefficient (Wildman–Crippen LogP) is 9.79. The van der Waals surface area contributed by atoms with Crippen LogP contribution in [0.15, 0.2) is 11.6 Å². The highest BCUT2D eigenvalue weighted by atomic mass is 16.5. The largest absolute Gasteiger partial charge is 0.465 e. The molecule has 52 heavy (non-hydrogen) atoms. The Morgan fingerprint density at radius 3 is 1.79 bits per heavy atom. The van der Waals surface area contributed by atoms with Crippen molar-refractivity contribution in [3.63, 3.8) is 0 Å². The van der Waals surface area contributed by atoms with Gasteiger partial charge in [0.25, 0.3) is 0 Å². The molecule has 0 aromatic carbocycles. The maximum absolute atomic E-state index is 12.6. The third-order valence-corrected chi connectivity index (χ3v) is 10.6. The van der Waals surface area contributed by atoms with Crippen LogP contribution < -0.4 is 0 Å². The molecule has 0 aromatic rings. The molecule has 4 atom stereocenters. The van der Waals surface area contributed by atoms with Crippen molar-refractivity contribution in [2.75, 3.05) is 45.9 Å². The van der Waals surface area contributed by atoms with E-state index in [1.165, 1.54) is 69.8 Å². The average molecular weight is 737 g/mol. The van der Waals surface area contributed by atoms with Crippen molar-refractivity contribution in [2.24, 2.45) is 5.92 Å². The molecular formula is C44H84N2O6. The van der Waals surface area contributed by atoms with E-state index in [0.717, 1.165) is 96.7 Å². The van der Waals surface area contributed by atoms with E-state index in [1.807, 2.05) is 0 Å². The van der Waals surface area contributed by atoms with E-state index in [4.69, 9.17) is 9.47 Å². The Morgan fingerprint density at radius 2 is 1.21 bits per heavy atom. The van der Waals surface area contributed by atoms with Crippen molar-refractivity contribution >= 4 is 11.9 Å². The number of hydrogen-bond donors (Lipinski definition) is 2. The molecule has 4 unspecified atom stereocenters. The van der Waals surface area contributed by atoms with Gasteiger partial charge in [-0.1, -0.05) is 129 Å². The van der Waals surface area contributed by atoms with E-state index in [9.17, 15) is 19.8 Å². The Bertz CT molecular complexity index is 874. The van der Waals surface area contributed by atoms with Crippen molar-refractivity contribution in [2.45, 2.75) is 207 Å². The number of unbranched alkanes of at least 4 members (excludes halogenated alkanes) is 13. The van der Waals surface area contributed by atoms with Gasteiger partial charge < -0.3 is 19.7 Å². The summed E-state index contributed by atoms with van der Waals surface area (Å²) in [6.07, 6.45) is 26.1. The molecule has 0 amide bonds. The Hall–Kier alpha value is -1.48. The first-order chi connectivity index (χ1) is 25.2. The van der Waals surface area contributed by atoms with Crippen LogP contribution in [0.5, 0.6) is 0 Å². The number of carbonyl (C=O) groups excluding carboxylic acids is 2. The maximum Gasteiger partial charge on any atom is 0.305 e. The summed E-state index contributed by atoms with van der Waals surface area (Å²) in [6.45, 7) is 15.7. The van der Waals surface area contributed by atoms with Gasteiger partial charge in [0.1, 0.15) is 6.61 Å². The number of nitrogens with zero attached hydrogens (tertiary/aromatic N) is 2. The van der Waals surface area contributed by atoms with Crippen molar-refractivity contribution in [1.29, 1.82) is 0 Å². The zero-order valence-electron chi connectivity index (χ0n) is 34.7. The smallest absolute Gasteiger partial charge is 0.305 e. The summed E-state index contributed by atoms with van der Waals surface area (Å²) in [5.74, 6) is 0.296. The number of hydrogen-bond acceptors (Lipinski definition) is 8. The van der Waals surface area contributed by atoms with Crippen LogP contribution in [0.2, 0.25) is 0 Å². The van der Waals surface area contributed by atoms with Gasteiger partial charge in [0.15, 0.2) is 0 Å². The van der Waals surface area contributed by atoms with Gasteiger partial charge in [0.2, 0.25) is 0 Å². The molecule has 0 aromatic heterocycles. The second-order valence-electron chi connectivity index (χ2n) is 16.0. The summed E-state index contributed by atoms with van der Waals surface area (Å²) >= 11 is 0. The van der Waals surface area contributed by atoms with Crippen LogP contribution in [0.25, 0.3) is 0 Å². The molecule has 8 nitrogen and oxygen atoms in total. The zero-order chi connectivity index (χ0) is 38.2. The summed E-state index contributed by atoms with van der Waals surface area (Å²) in [5, 5.41) is 21.6. The standard InChI is InChI=1S/C44H84N2O6/c1-6-9-12-14-16-19-25-41(47)36-45(37-42(48)26-20-17-15-13-10-7-2)29-22-21-28-43(49)51-31-23-24-40-33-38(4)35-46(39(5)34-40)30-32-52-44(50)27-18-11-8-3/h24,38-39,41-42,47-48H,6-23,25-37H2,1-5H3/b40-24-. The Labute approximate surface area is 320 Å². The van der Waals surface area contributed by atoms with Gasteiger partial charge in [-0.25, -0.2) is 0 Å². The fourth-order valence-corrected chi connectivity index (χ4v) is 7.50. The summed E-state index contributed by atoms with van der Waals surface area (Å²) in [6, 6.07) is 0.380. The number of aliphatic hydroxyl groups excluding tert-OH is 2. The topological polar surface area (TPSA) is 99.5 Å². The number of rotatable bonds is 33. The van der Waals surface area contributed by atoms with E-state index in [1.54, 1.807) is 0 Å². The summed E-state index contributed by atoms with van der Waals surface area (Å²) < 4.78 is 11.1. The third kappa shape index (κ3) is 27.2. The number of esters is 2. The van der Waals surface area contributed by atoms with Gasteiger partial charge >= 0.3 is 11.9 Å². The van der Waals surface area contributed by atoms with Crippen LogP contribution in [0.1, 0.15) is 189 Å². The lowest BCUT2D eigenvalue weighted by atomic mass is 9.98. The molecule has 306 valence electrons. The van der Waals surface area contributed by atoms with E-state index in [0.29, 0.717) is 51.1 Å². The minimum absolute atomic E-state index is 0.0797. The SMILES string of the molecule is CCCCCCCCC(O)CN(CCCCC(=O)OCC/C=C1/CC(C)CN(CCOC(=O)CCCCC)C(C)C1)CC(O)CCCCCCCC. The summed E-state index contributed by atoms with van der Waals surface area (Å²) in [4.78, 5) is 29.2. The second kappa shape index (κ2) is 32.9. The molecule has 1 heterocycles. The van der Waals surface area contributed by atoms with Crippen LogP contribution >= 0.6 is 0 Å². The Morgan fingerprint density at radius 1 is 0.712 bits per heavy atom. The lowest BCUT2D eigenvalue weighted by Crippen LogP contribution is -2.38. The van der Waals surface area contributed by atoms with Crippen molar-refractivity contribution < 1.29 is 29.3 Å². The molecule has 1 fully saturated rings. The number of aliphatic hydroxyl groups is 2. The second-order valence-corrected chi connectivity index (χ2v) is 16.0. The van der Waals surface area contributed by atoms with Crippen LogP contribution in [0.4, 0.5) is 0 Å². The summed E-state index contributed by atoms with van der Waals surface area (Å²) in [7, 11) is 0. The van der Waals surface area contributed by atoms with Crippen molar-refractivity contribution in [3.8, 4) is 0 Å². The predicted molar refractivity (Wildman–Crippen MR) is 216 cm³/mol.